The Kier molecular flexibility index (Phi) is 4.77. The van der Waals surface area contributed by atoms with Gasteiger partial charge in [-0.2, -0.15) is 0 Å². The molecule has 5 nitrogen and oxygen atoms in total. The zero-order valence-electron chi connectivity index (χ0n) is 12.5. The minimum absolute atomic E-state index is 0.119. The SMILES string of the molecule is Cc1cc(CN2CCN(C(=O)c3cccc(I)c3)CC2)on1. The molecule has 116 valence electrons. The molecule has 1 aliphatic heterocycles. The van der Waals surface area contributed by atoms with Crippen LogP contribution in [-0.4, -0.2) is 47.0 Å². The zero-order chi connectivity index (χ0) is 15.5. The summed E-state index contributed by atoms with van der Waals surface area (Å²) in [7, 11) is 0. The van der Waals surface area contributed by atoms with Crippen LogP contribution >= 0.6 is 22.6 Å². The minimum Gasteiger partial charge on any atom is -0.360 e. The standard InChI is InChI=1S/C16H18IN3O2/c1-12-9-15(22-18-12)11-19-5-7-20(8-6-19)16(21)13-3-2-4-14(17)10-13/h2-4,9-10H,5-8,11H2,1H3. The molecule has 22 heavy (non-hydrogen) atoms. The van der Waals surface area contributed by atoms with E-state index in [1.165, 1.54) is 0 Å². The number of aryl methyl sites for hydroxylation is 1. The fraction of sp³-hybridized carbons (Fsp3) is 0.375. The number of nitrogens with zero attached hydrogens (tertiary/aromatic N) is 3. The molecule has 0 unspecified atom stereocenters. The number of halogens is 1. The number of hydrogen-bond acceptors (Lipinski definition) is 4. The molecule has 1 amide bonds. The largest absolute Gasteiger partial charge is 0.360 e. The Morgan fingerprint density at radius 3 is 2.68 bits per heavy atom. The first-order valence-corrected chi connectivity index (χ1v) is 8.39. The van der Waals surface area contributed by atoms with Gasteiger partial charge in [-0.15, -0.1) is 0 Å². The van der Waals surface area contributed by atoms with E-state index in [4.69, 9.17) is 4.52 Å². The maximum absolute atomic E-state index is 12.5. The highest BCUT2D eigenvalue weighted by atomic mass is 127. The van der Waals surface area contributed by atoms with E-state index in [0.717, 1.165) is 53.3 Å². The van der Waals surface area contributed by atoms with Crippen molar-refractivity contribution in [3.8, 4) is 0 Å². The Labute approximate surface area is 143 Å². The van der Waals surface area contributed by atoms with Gasteiger partial charge in [-0.25, -0.2) is 0 Å². The molecule has 0 radical (unpaired) electrons. The van der Waals surface area contributed by atoms with Gasteiger partial charge < -0.3 is 9.42 Å². The predicted octanol–water partition coefficient (Wildman–Crippen LogP) is 2.55. The summed E-state index contributed by atoms with van der Waals surface area (Å²) in [6, 6.07) is 9.70. The fourth-order valence-corrected chi connectivity index (χ4v) is 3.17. The van der Waals surface area contributed by atoms with Crippen molar-refractivity contribution in [3.05, 3.63) is 50.9 Å². The van der Waals surface area contributed by atoms with E-state index in [1.807, 2.05) is 42.2 Å². The number of aromatic nitrogens is 1. The highest BCUT2D eigenvalue weighted by molar-refractivity contribution is 14.1. The van der Waals surface area contributed by atoms with Gasteiger partial charge in [0.1, 0.15) is 0 Å². The lowest BCUT2D eigenvalue weighted by molar-refractivity contribution is 0.0617. The highest BCUT2D eigenvalue weighted by Crippen LogP contribution is 2.14. The van der Waals surface area contributed by atoms with Crippen LogP contribution in [0.25, 0.3) is 0 Å². The summed E-state index contributed by atoms with van der Waals surface area (Å²) in [4.78, 5) is 16.7. The van der Waals surface area contributed by atoms with Gasteiger partial charge in [0.25, 0.3) is 5.91 Å². The van der Waals surface area contributed by atoms with Gasteiger partial charge in [0, 0.05) is 41.4 Å². The Morgan fingerprint density at radius 2 is 2.05 bits per heavy atom. The van der Waals surface area contributed by atoms with Crippen LogP contribution in [0, 0.1) is 10.5 Å². The molecule has 0 bridgehead atoms. The summed E-state index contributed by atoms with van der Waals surface area (Å²) in [5.41, 5.74) is 1.67. The lowest BCUT2D eigenvalue weighted by atomic mass is 10.2. The first-order valence-electron chi connectivity index (χ1n) is 7.31. The molecule has 0 spiro atoms. The van der Waals surface area contributed by atoms with Crippen molar-refractivity contribution in [2.24, 2.45) is 0 Å². The Morgan fingerprint density at radius 1 is 1.27 bits per heavy atom. The van der Waals surface area contributed by atoms with E-state index in [-0.39, 0.29) is 5.91 Å². The monoisotopic (exact) mass is 411 g/mol. The molecule has 1 fully saturated rings. The number of hydrogen-bond donors (Lipinski definition) is 0. The Hall–Kier alpha value is -1.41. The lowest BCUT2D eigenvalue weighted by Crippen LogP contribution is -2.48. The van der Waals surface area contributed by atoms with Crippen molar-refractivity contribution in [3.63, 3.8) is 0 Å². The Bertz CT molecular complexity index is 663. The summed E-state index contributed by atoms with van der Waals surface area (Å²) < 4.78 is 6.34. The van der Waals surface area contributed by atoms with Crippen LogP contribution in [0.4, 0.5) is 0 Å². The van der Waals surface area contributed by atoms with Crippen LogP contribution in [0.2, 0.25) is 0 Å². The topological polar surface area (TPSA) is 49.6 Å². The van der Waals surface area contributed by atoms with Gasteiger partial charge in [-0.3, -0.25) is 9.69 Å². The average Bonchev–Trinajstić information content (AvgIpc) is 2.92. The van der Waals surface area contributed by atoms with Crippen LogP contribution in [0.3, 0.4) is 0 Å². The smallest absolute Gasteiger partial charge is 0.253 e. The van der Waals surface area contributed by atoms with E-state index >= 15 is 0 Å². The van der Waals surface area contributed by atoms with E-state index in [2.05, 4.69) is 32.6 Å². The van der Waals surface area contributed by atoms with Crippen LogP contribution < -0.4 is 0 Å². The zero-order valence-corrected chi connectivity index (χ0v) is 14.6. The molecule has 2 aromatic rings. The second-order valence-corrected chi connectivity index (χ2v) is 6.76. The third kappa shape index (κ3) is 3.67. The van der Waals surface area contributed by atoms with Crippen molar-refractivity contribution >= 4 is 28.5 Å². The maximum atomic E-state index is 12.5. The van der Waals surface area contributed by atoms with Crippen molar-refractivity contribution in [1.29, 1.82) is 0 Å². The van der Waals surface area contributed by atoms with E-state index in [1.54, 1.807) is 0 Å². The van der Waals surface area contributed by atoms with Crippen molar-refractivity contribution < 1.29 is 9.32 Å². The third-order valence-corrected chi connectivity index (χ3v) is 4.46. The molecule has 3 rings (SSSR count). The summed E-state index contributed by atoms with van der Waals surface area (Å²) >= 11 is 2.23. The first kappa shape index (κ1) is 15.5. The van der Waals surface area contributed by atoms with Crippen LogP contribution in [0.1, 0.15) is 21.8 Å². The van der Waals surface area contributed by atoms with Crippen LogP contribution in [-0.2, 0) is 6.54 Å². The second kappa shape index (κ2) is 6.78. The van der Waals surface area contributed by atoms with Crippen LogP contribution in [0.5, 0.6) is 0 Å². The summed E-state index contributed by atoms with van der Waals surface area (Å²) in [6.07, 6.45) is 0. The normalized spacial score (nSPS) is 16.0. The average molecular weight is 411 g/mol. The molecule has 0 atom stereocenters. The van der Waals surface area contributed by atoms with Gasteiger partial charge in [0.15, 0.2) is 5.76 Å². The predicted molar refractivity (Wildman–Crippen MR) is 91.6 cm³/mol. The third-order valence-electron chi connectivity index (χ3n) is 3.79. The van der Waals surface area contributed by atoms with E-state index in [0.29, 0.717) is 0 Å². The summed E-state index contributed by atoms with van der Waals surface area (Å²) in [5.74, 6) is 1.00. The van der Waals surface area contributed by atoms with Gasteiger partial charge >= 0.3 is 0 Å². The van der Waals surface area contributed by atoms with E-state index in [9.17, 15) is 4.79 Å². The first-order chi connectivity index (χ1) is 10.6. The summed E-state index contributed by atoms with van der Waals surface area (Å²) in [6.45, 7) is 5.89. The minimum atomic E-state index is 0.119. The molecule has 0 N–H and O–H groups in total. The van der Waals surface area contributed by atoms with Gasteiger partial charge in [-0.1, -0.05) is 11.2 Å². The number of amides is 1. The molecular formula is C16H18IN3O2. The molecule has 1 aromatic carbocycles. The fourth-order valence-electron chi connectivity index (χ4n) is 2.62. The molecule has 1 saturated heterocycles. The number of benzene rings is 1. The maximum Gasteiger partial charge on any atom is 0.253 e. The van der Waals surface area contributed by atoms with Gasteiger partial charge in [0.2, 0.25) is 0 Å². The lowest BCUT2D eigenvalue weighted by Gasteiger charge is -2.34. The number of carbonyl (C=O) groups excluding carboxylic acids is 1. The van der Waals surface area contributed by atoms with Crippen molar-refractivity contribution in [1.82, 2.24) is 15.0 Å². The molecule has 6 heteroatoms. The number of rotatable bonds is 3. The van der Waals surface area contributed by atoms with Gasteiger partial charge in [-0.05, 0) is 47.7 Å². The quantitative estimate of drug-likeness (QED) is 0.729. The van der Waals surface area contributed by atoms with Crippen molar-refractivity contribution in [2.45, 2.75) is 13.5 Å². The van der Waals surface area contributed by atoms with E-state index < -0.39 is 0 Å². The Balaban J connectivity index is 1.56. The number of carbonyl (C=O) groups is 1. The number of piperazine rings is 1. The summed E-state index contributed by atoms with van der Waals surface area (Å²) in [5, 5.41) is 3.91. The molecule has 2 heterocycles. The second-order valence-electron chi connectivity index (χ2n) is 5.51. The van der Waals surface area contributed by atoms with Crippen LogP contribution in [0.15, 0.2) is 34.9 Å². The highest BCUT2D eigenvalue weighted by Gasteiger charge is 2.22. The molecule has 0 aliphatic carbocycles. The molecule has 1 aromatic heterocycles. The molecule has 0 saturated carbocycles. The van der Waals surface area contributed by atoms with Gasteiger partial charge in [0.05, 0.1) is 12.2 Å². The molecule has 1 aliphatic rings. The molecular weight excluding hydrogens is 393 g/mol. The van der Waals surface area contributed by atoms with Crippen molar-refractivity contribution in [2.75, 3.05) is 26.2 Å².